The van der Waals surface area contributed by atoms with Crippen molar-refractivity contribution in [3.8, 4) is 0 Å². The minimum atomic E-state index is 0.190. The molecule has 1 saturated heterocycles. The Morgan fingerprint density at radius 3 is 2.90 bits per heavy atom. The molecule has 0 aliphatic carbocycles. The number of hydrogen-bond acceptors (Lipinski definition) is 4. The van der Waals surface area contributed by atoms with Gasteiger partial charge in [-0.1, -0.05) is 6.92 Å². The molecule has 1 N–H and O–H groups in total. The Morgan fingerprint density at radius 1 is 1.43 bits per heavy atom. The first-order valence-corrected chi connectivity index (χ1v) is 8.28. The maximum Gasteiger partial charge on any atom is 0.0912 e. The van der Waals surface area contributed by atoms with Crippen LogP contribution in [0.5, 0.6) is 0 Å². The highest BCUT2D eigenvalue weighted by Gasteiger charge is 2.31. The molecule has 0 aromatic carbocycles. The Balaban J connectivity index is 2.15. The molecule has 0 amide bonds. The Labute approximate surface area is 128 Å². The lowest BCUT2D eigenvalue weighted by Crippen LogP contribution is -2.50. The van der Waals surface area contributed by atoms with Crippen molar-refractivity contribution >= 4 is 0 Å². The van der Waals surface area contributed by atoms with Gasteiger partial charge in [0.15, 0.2) is 0 Å². The highest BCUT2D eigenvalue weighted by Crippen LogP contribution is 2.23. The summed E-state index contributed by atoms with van der Waals surface area (Å²) < 4.78 is 8.17. The Kier molecular flexibility index (Phi) is 6.21. The normalized spacial score (nSPS) is 21.9. The molecule has 1 aliphatic heterocycles. The summed E-state index contributed by atoms with van der Waals surface area (Å²) in [6.45, 7) is 13.6. The van der Waals surface area contributed by atoms with Gasteiger partial charge in [-0.2, -0.15) is 5.10 Å². The summed E-state index contributed by atoms with van der Waals surface area (Å²) in [5.74, 6) is 0. The molecular weight excluding hydrogens is 264 g/mol. The van der Waals surface area contributed by atoms with E-state index in [1.807, 2.05) is 6.20 Å². The monoisotopic (exact) mass is 294 g/mol. The fraction of sp³-hybridized carbons (Fsp3) is 0.812. The van der Waals surface area contributed by atoms with Crippen LogP contribution in [0.1, 0.15) is 45.9 Å². The first kappa shape index (κ1) is 16.5. The zero-order valence-corrected chi connectivity index (χ0v) is 13.9. The molecule has 0 bridgehead atoms. The predicted molar refractivity (Wildman–Crippen MR) is 85.4 cm³/mol. The van der Waals surface area contributed by atoms with Gasteiger partial charge in [0, 0.05) is 31.9 Å². The molecule has 2 atom stereocenters. The topological polar surface area (TPSA) is 42.3 Å². The van der Waals surface area contributed by atoms with Crippen molar-refractivity contribution in [2.75, 3.05) is 26.2 Å². The SMILES string of the molecule is CCCNC(c1ccnn1CC)C1CN(C(C)C)CCO1. The molecule has 21 heavy (non-hydrogen) atoms. The average molecular weight is 294 g/mol. The number of nitrogens with one attached hydrogen (secondary N) is 1. The van der Waals surface area contributed by atoms with Crippen LogP contribution in [0.2, 0.25) is 0 Å². The lowest BCUT2D eigenvalue weighted by molar-refractivity contribution is -0.0572. The van der Waals surface area contributed by atoms with E-state index in [0.29, 0.717) is 6.04 Å². The van der Waals surface area contributed by atoms with Crippen LogP contribution in [0.4, 0.5) is 0 Å². The summed E-state index contributed by atoms with van der Waals surface area (Å²) in [6, 6.07) is 2.90. The quantitative estimate of drug-likeness (QED) is 0.836. The van der Waals surface area contributed by atoms with Gasteiger partial charge in [0.05, 0.1) is 24.4 Å². The summed E-state index contributed by atoms with van der Waals surface area (Å²) in [6.07, 6.45) is 3.20. The number of aryl methyl sites for hydroxylation is 1. The molecule has 120 valence electrons. The Hall–Kier alpha value is -0.910. The molecular formula is C16H30N4O. The zero-order chi connectivity index (χ0) is 15.2. The van der Waals surface area contributed by atoms with Gasteiger partial charge >= 0.3 is 0 Å². The van der Waals surface area contributed by atoms with Crippen LogP contribution in [-0.2, 0) is 11.3 Å². The summed E-state index contributed by atoms with van der Waals surface area (Å²) in [5.41, 5.74) is 1.24. The molecule has 2 heterocycles. The summed E-state index contributed by atoms with van der Waals surface area (Å²) in [5, 5.41) is 8.08. The second-order valence-corrected chi connectivity index (χ2v) is 6.00. The summed E-state index contributed by atoms with van der Waals surface area (Å²) in [4.78, 5) is 2.50. The van der Waals surface area contributed by atoms with Crippen molar-refractivity contribution in [2.45, 2.75) is 58.8 Å². The minimum Gasteiger partial charge on any atom is -0.374 e. The third kappa shape index (κ3) is 4.05. The second-order valence-electron chi connectivity index (χ2n) is 6.00. The van der Waals surface area contributed by atoms with Gasteiger partial charge < -0.3 is 10.1 Å². The molecule has 1 fully saturated rings. The van der Waals surface area contributed by atoms with E-state index in [0.717, 1.165) is 39.2 Å². The van der Waals surface area contributed by atoms with E-state index in [4.69, 9.17) is 4.74 Å². The molecule has 0 radical (unpaired) electrons. The van der Waals surface area contributed by atoms with Gasteiger partial charge in [0.1, 0.15) is 0 Å². The van der Waals surface area contributed by atoms with Crippen LogP contribution >= 0.6 is 0 Å². The number of morpholine rings is 1. The molecule has 5 nitrogen and oxygen atoms in total. The Bertz CT molecular complexity index is 418. The molecule has 0 spiro atoms. The van der Waals surface area contributed by atoms with Crippen LogP contribution < -0.4 is 5.32 Å². The van der Waals surface area contributed by atoms with Gasteiger partial charge in [0.2, 0.25) is 0 Å². The van der Waals surface area contributed by atoms with Crippen molar-refractivity contribution in [3.63, 3.8) is 0 Å². The van der Waals surface area contributed by atoms with E-state index in [9.17, 15) is 0 Å². The molecule has 1 aliphatic rings. The van der Waals surface area contributed by atoms with Gasteiger partial charge in [-0.3, -0.25) is 9.58 Å². The van der Waals surface area contributed by atoms with E-state index in [-0.39, 0.29) is 12.1 Å². The van der Waals surface area contributed by atoms with Crippen molar-refractivity contribution in [3.05, 3.63) is 18.0 Å². The van der Waals surface area contributed by atoms with E-state index in [2.05, 4.69) is 53.8 Å². The molecule has 2 unspecified atom stereocenters. The maximum absolute atomic E-state index is 6.10. The lowest BCUT2D eigenvalue weighted by Gasteiger charge is -2.39. The highest BCUT2D eigenvalue weighted by atomic mass is 16.5. The lowest BCUT2D eigenvalue weighted by atomic mass is 10.0. The molecule has 1 aromatic heterocycles. The van der Waals surface area contributed by atoms with Crippen LogP contribution in [0.15, 0.2) is 12.3 Å². The fourth-order valence-corrected chi connectivity index (χ4v) is 2.96. The van der Waals surface area contributed by atoms with Crippen LogP contribution in [0.25, 0.3) is 0 Å². The van der Waals surface area contributed by atoms with E-state index in [1.54, 1.807) is 0 Å². The third-order valence-electron chi connectivity index (χ3n) is 4.21. The zero-order valence-electron chi connectivity index (χ0n) is 13.9. The maximum atomic E-state index is 6.10. The van der Waals surface area contributed by atoms with E-state index in [1.165, 1.54) is 5.69 Å². The summed E-state index contributed by atoms with van der Waals surface area (Å²) in [7, 11) is 0. The van der Waals surface area contributed by atoms with Gasteiger partial charge in [-0.15, -0.1) is 0 Å². The smallest absolute Gasteiger partial charge is 0.0912 e. The number of hydrogen-bond donors (Lipinski definition) is 1. The minimum absolute atomic E-state index is 0.190. The molecule has 5 heteroatoms. The van der Waals surface area contributed by atoms with Gasteiger partial charge in [-0.05, 0) is 39.8 Å². The van der Waals surface area contributed by atoms with Crippen molar-refractivity contribution < 1.29 is 4.74 Å². The van der Waals surface area contributed by atoms with Crippen LogP contribution in [-0.4, -0.2) is 53.1 Å². The number of nitrogens with zero attached hydrogens (tertiary/aromatic N) is 3. The van der Waals surface area contributed by atoms with Crippen molar-refractivity contribution in [1.29, 1.82) is 0 Å². The van der Waals surface area contributed by atoms with Gasteiger partial charge in [-0.25, -0.2) is 0 Å². The number of rotatable bonds is 7. The Morgan fingerprint density at radius 2 is 2.24 bits per heavy atom. The fourth-order valence-electron chi connectivity index (χ4n) is 2.96. The molecule has 2 rings (SSSR count). The van der Waals surface area contributed by atoms with E-state index >= 15 is 0 Å². The highest BCUT2D eigenvalue weighted by molar-refractivity contribution is 5.10. The van der Waals surface area contributed by atoms with Crippen molar-refractivity contribution in [2.24, 2.45) is 0 Å². The third-order valence-corrected chi connectivity index (χ3v) is 4.21. The number of aromatic nitrogens is 2. The van der Waals surface area contributed by atoms with Crippen LogP contribution in [0.3, 0.4) is 0 Å². The largest absolute Gasteiger partial charge is 0.374 e. The standard InChI is InChI=1S/C16H30N4O/c1-5-8-17-16(14-7-9-18-20(14)6-2)15-12-19(13(3)4)10-11-21-15/h7,9,13,15-17H,5-6,8,10-12H2,1-4H3. The first-order valence-electron chi connectivity index (χ1n) is 8.28. The predicted octanol–water partition coefficient (Wildman–Crippen LogP) is 2.05. The van der Waals surface area contributed by atoms with Crippen molar-refractivity contribution in [1.82, 2.24) is 20.0 Å². The second kappa shape index (κ2) is 7.92. The molecule has 0 saturated carbocycles. The van der Waals surface area contributed by atoms with E-state index < -0.39 is 0 Å². The first-order chi connectivity index (χ1) is 10.2. The average Bonchev–Trinajstić information content (AvgIpc) is 2.96. The number of ether oxygens (including phenoxy) is 1. The summed E-state index contributed by atoms with van der Waals surface area (Å²) >= 11 is 0. The molecule has 1 aromatic rings. The van der Waals surface area contributed by atoms with Gasteiger partial charge in [0.25, 0.3) is 0 Å². The van der Waals surface area contributed by atoms with Crippen LogP contribution in [0, 0.1) is 0 Å².